The zero-order valence-electron chi connectivity index (χ0n) is 14.8. The number of H-pyrrole nitrogens is 1. The fraction of sp³-hybridized carbons (Fsp3) is 0.333. The number of carbonyl (C=O) groups excluding carboxylic acids is 1. The Hall–Kier alpha value is -1.61. The summed E-state index contributed by atoms with van der Waals surface area (Å²) >= 11 is 14.6. The van der Waals surface area contributed by atoms with Gasteiger partial charge in [0.05, 0.1) is 20.7 Å². The van der Waals surface area contributed by atoms with Gasteiger partial charge in [-0.1, -0.05) is 35.0 Å². The molecule has 0 spiro atoms. The van der Waals surface area contributed by atoms with Crippen molar-refractivity contribution in [2.75, 3.05) is 5.32 Å². The number of aromatic amines is 1. The molecular weight excluding hydrogens is 439 g/mol. The molecule has 3 aromatic rings. The fourth-order valence-electron chi connectivity index (χ4n) is 3.15. The first-order valence-corrected chi connectivity index (χ1v) is 11.2. The number of hydrogen-bond donors (Lipinski definition) is 2. The minimum absolute atomic E-state index is 0.137. The lowest BCUT2D eigenvalue weighted by molar-refractivity contribution is -0.115. The lowest BCUT2D eigenvalue weighted by atomic mass is 9.97. The number of rotatable bonds is 4. The van der Waals surface area contributed by atoms with E-state index in [1.807, 2.05) is 0 Å². The maximum absolute atomic E-state index is 12.6. The molecule has 146 valence electrons. The Labute approximate surface area is 179 Å². The number of halogens is 2. The predicted molar refractivity (Wildman–Crippen MR) is 115 cm³/mol. The Balaban J connectivity index is 1.54. The van der Waals surface area contributed by atoms with E-state index < -0.39 is 5.25 Å². The summed E-state index contributed by atoms with van der Waals surface area (Å²) in [7, 11) is 0. The van der Waals surface area contributed by atoms with Crippen LogP contribution in [0, 0.1) is 0 Å². The third-order valence-electron chi connectivity index (χ3n) is 4.51. The van der Waals surface area contributed by atoms with E-state index in [2.05, 4.69) is 20.3 Å². The van der Waals surface area contributed by atoms with Crippen LogP contribution in [0.3, 0.4) is 0 Å². The summed E-state index contributed by atoms with van der Waals surface area (Å²) in [4.78, 5) is 38.5. The molecule has 0 bridgehead atoms. The van der Waals surface area contributed by atoms with Gasteiger partial charge in [0.15, 0.2) is 11.0 Å². The first kappa shape index (κ1) is 19.7. The molecule has 0 radical (unpaired) electrons. The number of nitrogens with one attached hydrogen (secondary N) is 2. The van der Waals surface area contributed by atoms with Gasteiger partial charge in [0.25, 0.3) is 5.56 Å². The summed E-state index contributed by atoms with van der Waals surface area (Å²) < 4.78 is 0. The van der Waals surface area contributed by atoms with Crippen molar-refractivity contribution in [3.05, 3.63) is 43.1 Å². The highest BCUT2D eigenvalue weighted by molar-refractivity contribution is 8.00. The smallest absolute Gasteiger partial charge is 0.260 e. The quantitative estimate of drug-likeness (QED) is 0.441. The van der Waals surface area contributed by atoms with Crippen molar-refractivity contribution in [3.8, 4) is 0 Å². The number of hydrogen-bond acceptors (Lipinski definition) is 6. The zero-order chi connectivity index (χ0) is 19.8. The third-order valence-corrected chi connectivity index (χ3v) is 7.18. The average molecular weight is 455 g/mol. The van der Waals surface area contributed by atoms with Crippen LogP contribution in [0.25, 0.3) is 10.2 Å². The Morgan fingerprint density at radius 3 is 2.93 bits per heavy atom. The molecule has 6 nitrogen and oxygen atoms in total. The van der Waals surface area contributed by atoms with Crippen molar-refractivity contribution >= 4 is 68.2 Å². The van der Waals surface area contributed by atoms with E-state index in [1.54, 1.807) is 18.3 Å². The monoisotopic (exact) mass is 454 g/mol. The summed E-state index contributed by atoms with van der Waals surface area (Å²) in [5.74, 6) is -0.0544. The molecule has 3 heterocycles. The normalized spacial score (nSPS) is 14.7. The highest BCUT2D eigenvalue weighted by atomic mass is 35.5. The van der Waals surface area contributed by atoms with Gasteiger partial charge >= 0.3 is 0 Å². The number of aromatic nitrogens is 3. The number of thioether (sulfide) groups is 1. The Kier molecular flexibility index (Phi) is 5.64. The number of fused-ring (bicyclic) bond motifs is 3. The zero-order valence-corrected chi connectivity index (χ0v) is 18.0. The van der Waals surface area contributed by atoms with E-state index in [0.717, 1.165) is 36.1 Å². The molecule has 2 N–H and O–H groups in total. The number of pyridine rings is 1. The van der Waals surface area contributed by atoms with Crippen molar-refractivity contribution in [3.63, 3.8) is 0 Å². The summed E-state index contributed by atoms with van der Waals surface area (Å²) in [6.45, 7) is 1.73. The van der Waals surface area contributed by atoms with Crippen LogP contribution in [0.4, 0.5) is 5.82 Å². The van der Waals surface area contributed by atoms with Crippen molar-refractivity contribution in [2.24, 2.45) is 0 Å². The minimum Gasteiger partial charge on any atom is -0.308 e. The third kappa shape index (κ3) is 3.91. The van der Waals surface area contributed by atoms with Crippen LogP contribution < -0.4 is 10.9 Å². The topological polar surface area (TPSA) is 87.7 Å². The molecule has 1 aliphatic rings. The number of amides is 1. The fourth-order valence-corrected chi connectivity index (χ4v) is 5.69. The summed E-state index contributed by atoms with van der Waals surface area (Å²) in [5.41, 5.74) is 1.01. The number of aryl methyl sites for hydroxylation is 2. The van der Waals surface area contributed by atoms with Gasteiger partial charge in [0, 0.05) is 11.1 Å². The number of nitrogens with zero attached hydrogens (tertiary/aromatic N) is 2. The molecule has 0 aliphatic heterocycles. The maximum Gasteiger partial charge on any atom is 0.260 e. The molecule has 0 saturated carbocycles. The van der Waals surface area contributed by atoms with Crippen LogP contribution in [0.1, 0.15) is 30.2 Å². The van der Waals surface area contributed by atoms with Crippen LogP contribution in [0.15, 0.2) is 22.2 Å². The van der Waals surface area contributed by atoms with Crippen molar-refractivity contribution < 1.29 is 4.79 Å². The van der Waals surface area contributed by atoms with E-state index in [9.17, 15) is 9.59 Å². The second-order valence-corrected chi connectivity index (χ2v) is 9.75. The first-order chi connectivity index (χ1) is 13.4. The molecule has 1 amide bonds. The van der Waals surface area contributed by atoms with E-state index in [4.69, 9.17) is 23.2 Å². The molecule has 3 aromatic heterocycles. The van der Waals surface area contributed by atoms with Gasteiger partial charge in [-0.3, -0.25) is 9.59 Å². The minimum atomic E-state index is -0.510. The Morgan fingerprint density at radius 1 is 1.36 bits per heavy atom. The van der Waals surface area contributed by atoms with Crippen molar-refractivity contribution in [1.29, 1.82) is 0 Å². The molecule has 1 aliphatic carbocycles. The van der Waals surface area contributed by atoms with Gasteiger partial charge in [-0.15, -0.1) is 11.3 Å². The van der Waals surface area contributed by atoms with Gasteiger partial charge in [-0.05, 0) is 44.2 Å². The molecule has 0 aromatic carbocycles. The predicted octanol–water partition coefficient (Wildman–Crippen LogP) is 4.68. The Bertz CT molecular complexity index is 1130. The molecule has 10 heteroatoms. The molecule has 28 heavy (non-hydrogen) atoms. The number of thiophene rings is 1. The van der Waals surface area contributed by atoms with E-state index in [1.165, 1.54) is 28.9 Å². The van der Waals surface area contributed by atoms with Crippen molar-refractivity contribution in [1.82, 2.24) is 15.0 Å². The number of carbonyl (C=O) groups is 1. The summed E-state index contributed by atoms with van der Waals surface area (Å²) in [5, 5.41) is 3.94. The average Bonchev–Trinajstić information content (AvgIpc) is 3.02. The molecule has 1 atom stereocenters. The second-order valence-electron chi connectivity index (χ2n) is 6.50. The molecule has 0 fully saturated rings. The first-order valence-electron chi connectivity index (χ1n) is 8.75. The van der Waals surface area contributed by atoms with Crippen LogP contribution in [-0.4, -0.2) is 26.1 Å². The van der Waals surface area contributed by atoms with Gasteiger partial charge < -0.3 is 10.3 Å². The highest BCUT2D eigenvalue weighted by Crippen LogP contribution is 2.34. The standard InChI is InChI=1S/C18H16Cl2N4O2S2/c1-8(15(25)22-14-11(20)6-9(19)7-21-14)27-18-23-16(26)13-10-4-2-3-5-12(10)28-17(13)24-18/h6-8H,2-5H2,1H3,(H,21,22,25)(H,23,24,26). The highest BCUT2D eigenvalue weighted by Gasteiger charge is 2.22. The van der Waals surface area contributed by atoms with Gasteiger partial charge in [0.1, 0.15) is 4.83 Å². The SMILES string of the molecule is CC(Sc1nc2sc3c(c2c(=O)[nH]1)CCCC3)C(=O)Nc1ncc(Cl)cc1Cl. The van der Waals surface area contributed by atoms with Crippen LogP contribution in [-0.2, 0) is 17.6 Å². The largest absolute Gasteiger partial charge is 0.308 e. The Morgan fingerprint density at radius 2 is 2.14 bits per heavy atom. The van der Waals surface area contributed by atoms with Gasteiger partial charge in [-0.2, -0.15) is 0 Å². The van der Waals surface area contributed by atoms with Gasteiger partial charge in [0.2, 0.25) is 5.91 Å². The van der Waals surface area contributed by atoms with E-state index >= 15 is 0 Å². The van der Waals surface area contributed by atoms with Crippen molar-refractivity contribution in [2.45, 2.75) is 43.0 Å². The lowest BCUT2D eigenvalue weighted by Crippen LogP contribution is -2.24. The van der Waals surface area contributed by atoms with E-state index in [0.29, 0.717) is 15.6 Å². The van der Waals surface area contributed by atoms with Crippen LogP contribution >= 0.6 is 46.3 Å². The summed E-state index contributed by atoms with van der Waals surface area (Å²) in [6, 6.07) is 1.51. The number of anilines is 1. The molecular formula is C18H16Cl2N4O2S2. The summed E-state index contributed by atoms with van der Waals surface area (Å²) in [6.07, 6.45) is 5.60. The van der Waals surface area contributed by atoms with Crippen LogP contribution in [0.2, 0.25) is 10.0 Å². The second kappa shape index (κ2) is 8.02. The molecule has 4 rings (SSSR count). The maximum atomic E-state index is 12.6. The lowest BCUT2D eigenvalue weighted by Gasteiger charge is -2.12. The molecule has 0 saturated heterocycles. The molecule has 1 unspecified atom stereocenters. The van der Waals surface area contributed by atoms with Gasteiger partial charge in [-0.25, -0.2) is 9.97 Å². The van der Waals surface area contributed by atoms with Crippen LogP contribution in [0.5, 0.6) is 0 Å². The van der Waals surface area contributed by atoms with E-state index in [-0.39, 0.29) is 22.3 Å².